The third-order valence-corrected chi connectivity index (χ3v) is 19.0. The van der Waals surface area contributed by atoms with Crippen LogP contribution >= 0.6 is 0 Å². The second-order valence-electron chi connectivity index (χ2n) is 26.5. The number of hydroxylamine groups is 4. The Morgan fingerprint density at radius 3 is 1.36 bits per heavy atom. The van der Waals surface area contributed by atoms with Gasteiger partial charge in [0, 0.05) is 59.6 Å². The Morgan fingerprint density at radius 1 is 0.536 bits per heavy atom. The molecule has 0 radical (unpaired) electrons. The number of azide groups is 2. The van der Waals surface area contributed by atoms with E-state index >= 15 is 0 Å². The minimum atomic E-state index is -0.866. The van der Waals surface area contributed by atoms with Crippen molar-refractivity contribution in [2.75, 3.05) is 41.5 Å². The Bertz CT molecular complexity index is 5130. The van der Waals surface area contributed by atoms with Gasteiger partial charge in [0.15, 0.2) is 56.5 Å². The summed E-state index contributed by atoms with van der Waals surface area (Å²) in [7, 11) is 6.09. The molecule has 0 spiro atoms. The molecule has 29 heteroatoms. The first kappa shape index (κ1) is 75.0. The molecular formula is C81H74N12O17. The van der Waals surface area contributed by atoms with E-state index < -0.39 is 23.8 Å². The van der Waals surface area contributed by atoms with E-state index in [1.165, 1.54) is 50.4 Å². The second-order valence-corrected chi connectivity index (χ2v) is 26.5. The fraction of sp³-hybridized carbons (Fsp3) is 0.259. The number of aromatic nitrogens is 2. The summed E-state index contributed by atoms with van der Waals surface area (Å²) in [5, 5.41) is 19.6. The molecule has 8 aliphatic rings. The van der Waals surface area contributed by atoms with Gasteiger partial charge in [0.05, 0.1) is 44.2 Å². The summed E-state index contributed by atoms with van der Waals surface area (Å²) in [6, 6.07) is 43.7. The molecule has 29 nitrogen and oxygen atoms in total. The van der Waals surface area contributed by atoms with Crippen LogP contribution in [-0.4, -0.2) is 118 Å². The lowest BCUT2D eigenvalue weighted by molar-refractivity contribution is -0.183. The van der Waals surface area contributed by atoms with E-state index in [2.05, 4.69) is 30.0 Å². The first-order valence-corrected chi connectivity index (χ1v) is 35.0. The average molecular weight is 1490 g/mol. The number of nitrogens with zero attached hydrogens (tertiary/aromatic N) is 12. The SMILES string of the molecule is COc1cc(COc2ccc3nc4ccc(=O)cc-4oc3c2)ccc1OC/C=C/C1=C(C(=O)N(C)OCc2ccc(N=[N+]=[N-])cc2)N2C(=O)[C@H](C(C)C)[C@H]2C1.COc1cc(COc2ccc3nc4ccc(=O)cc-4oc3c2)ccc1OC/C=C/C1=C(C(=O)N(C)OCc2ccc(N=[N+]=[N-])cc2)N2C(=O)[C@H]([C@@H](C)O)[C@H]2C1. The number of carbonyl (C=O) groups excluding carboxylic acids is 4. The zero-order valence-corrected chi connectivity index (χ0v) is 60.8. The molecule has 1 N–H and O–H groups in total. The predicted octanol–water partition coefficient (Wildman–Crippen LogP) is 13.7. The normalized spacial score (nSPS) is 16.6. The van der Waals surface area contributed by atoms with Crippen LogP contribution in [-0.2, 0) is 55.3 Å². The molecule has 0 aromatic heterocycles. The van der Waals surface area contributed by atoms with Gasteiger partial charge in [-0.2, -0.15) is 0 Å². The maximum absolute atomic E-state index is 13.7. The van der Waals surface area contributed by atoms with Crippen molar-refractivity contribution in [2.45, 2.75) is 78.2 Å². The first-order chi connectivity index (χ1) is 53.3. The monoisotopic (exact) mass is 1490 g/mol. The smallest absolute Gasteiger partial charge is 0.294 e. The lowest BCUT2D eigenvalue weighted by Crippen LogP contribution is -2.62. The van der Waals surface area contributed by atoms with Crippen molar-refractivity contribution in [3.05, 3.63) is 268 Å². The first-order valence-electron chi connectivity index (χ1n) is 35.0. The molecule has 0 bridgehead atoms. The molecule has 560 valence electrons. The number of benzene rings is 8. The summed E-state index contributed by atoms with van der Waals surface area (Å²) in [5.74, 6) is 1.98. The topological polar surface area (TPSA) is 359 Å². The highest BCUT2D eigenvalue weighted by molar-refractivity contribution is 6.04. The number of aliphatic hydroxyl groups excluding tert-OH is 1. The summed E-state index contributed by atoms with van der Waals surface area (Å²) in [6.45, 7) is 6.54. The minimum Gasteiger partial charge on any atom is -0.493 e. The standard InChI is InChI=1S/C41H38N6O8.C40H36N6O9/c1-24(2)38-33-19-27(39(47(33)40(38)49)41(50)46(3)54-23-25-7-10-28(11-8-25)44-45-42)6-5-17-52-34-16-9-26(18-37(34)51-4)22-53-30-13-15-32-36(21-30)55-35-20-29(48)12-14-31(35)43-32;1-23(47)37-32-18-26(38(46(32)39(37)49)40(50)45(2)54-22-24-6-9-27(10-7-24)43-44-41)5-4-16-52-33-15-8-25(17-36(33)51-3)21-53-29-12-14-31-35(20-29)55-34-19-28(48)11-13-30(34)42-31/h5-16,18,20-21,24,33,38H,17,19,22-23H2,1-4H3;4-15,17,19-20,23,32,37,47H,16,18,21-22H2,1-3H3/b6-5+;5-4+/t33-,38-;23-,32-,37-/m11/s1. The maximum Gasteiger partial charge on any atom is 0.294 e. The number of likely N-dealkylation sites (N-methyl/N-ethyl adjacent to an activating group) is 2. The number of hydrogen-bond acceptors (Lipinski definition) is 21. The molecule has 6 heterocycles. The van der Waals surface area contributed by atoms with Gasteiger partial charge in [0.1, 0.15) is 85.0 Å². The van der Waals surface area contributed by atoms with Crippen LogP contribution < -0.4 is 39.3 Å². The number of aliphatic hydroxyl groups is 1. The highest BCUT2D eigenvalue weighted by Gasteiger charge is 2.57. The van der Waals surface area contributed by atoms with E-state index in [9.17, 15) is 33.9 Å². The van der Waals surface area contributed by atoms with E-state index in [0.29, 0.717) is 115 Å². The molecule has 5 atom stereocenters. The number of methoxy groups -OCH3 is 2. The zero-order chi connectivity index (χ0) is 77.3. The van der Waals surface area contributed by atoms with Gasteiger partial charge in [-0.1, -0.05) is 96.9 Å². The largest absolute Gasteiger partial charge is 0.493 e. The fourth-order valence-electron chi connectivity index (χ4n) is 13.5. The lowest BCUT2D eigenvalue weighted by atomic mass is 9.78. The van der Waals surface area contributed by atoms with Gasteiger partial charge in [-0.05, 0) is 155 Å². The lowest BCUT2D eigenvalue weighted by Gasteiger charge is -2.46. The van der Waals surface area contributed by atoms with Gasteiger partial charge in [0.2, 0.25) is 11.8 Å². The molecule has 110 heavy (non-hydrogen) atoms. The van der Waals surface area contributed by atoms with Gasteiger partial charge in [-0.3, -0.25) is 38.4 Å². The van der Waals surface area contributed by atoms with Crippen LogP contribution in [0.1, 0.15) is 55.9 Å². The molecule has 2 aliphatic carbocycles. The Morgan fingerprint density at radius 2 is 0.955 bits per heavy atom. The van der Waals surface area contributed by atoms with Crippen LogP contribution in [0.2, 0.25) is 0 Å². The van der Waals surface area contributed by atoms with E-state index in [1.807, 2.05) is 50.3 Å². The van der Waals surface area contributed by atoms with Crippen molar-refractivity contribution < 1.29 is 71.2 Å². The zero-order valence-electron chi connectivity index (χ0n) is 60.8. The Kier molecular flexibility index (Phi) is 22.6. The highest BCUT2D eigenvalue weighted by Crippen LogP contribution is 2.47. The third kappa shape index (κ3) is 16.5. The Hall–Kier alpha value is -13.3. The van der Waals surface area contributed by atoms with Gasteiger partial charge >= 0.3 is 0 Å². The molecule has 14 rings (SSSR count). The average Bonchev–Trinajstić information content (AvgIpc) is 1.56. The van der Waals surface area contributed by atoms with E-state index in [-0.39, 0.29) is 91.9 Å². The van der Waals surface area contributed by atoms with Crippen molar-refractivity contribution in [3.8, 4) is 57.4 Å². The summed E-state index contributed by atoms with van der Waals surface area (Å²) >= 11 is 0. The number of ether oxygens (including phenoxy) is 6. The summed E-state index contributed by atoms with van der Waals surface area (Å²) in [6.07, 6.45) is 7.20. The quantitative estimate of drug-likeness (QED) is 0.0119. The van der Waals surface area contributed by atoms with Crippen molar-refractivity contribution in [3.63, 3.8) is 0 Å². The van der Waals surface area contributed by atoms with Crippen molar-refractivity contribution in [1.82, 2.24) is 29.9 Å². The summed E-state index contributed by atoms with van der Waals surface area (Å²) in [5.41, 5.74) is 26.3. The number of hydrogen-bond donors (Lipinski definition) is 1. The molecule has 2 fully saturated rings. The second kappa shape index (κ2) is 33.2. The van der Waals surface area contributed by atoms with Crippen LogP contribution in [0, 0.1) is 17.8 Å². The number of fused-ring (bicyclic) bond motifs is 6. The summed E-state index contributed by atoms with van der Waals surface area (Å²) < 4.78 is 47.1. The fourth-order valence-corrected chi connectivity index (χ4v) is 13.5. The maximum atomic E-state index is 13.7. The van der Waals surface area contributed by atoms with Crippen LogP contribution in [0.15, 0.2) is 233 Å². The number of carbonyl (C=O) groups is 4. The molecule has 6 aromatic carbocycles. The predicted molar refractivity (Wildman–Crippen MR) is 401 cm³/mol. The number of rotatable bonds is 28. The van der Waals surface area contributed by atoms with E-state index in [0.717, 1.165) is 38.0 Å². The van der Waals surface area contributed by atoms with Crippen molar-refractivity contribution in [1.29, 1.82) is 0 Å². The Labute approximate surface area is 628 Å². The van der Waals surface area contributed by atoms with Gasteiger partial charge in [0.25, 0.3) is 11.8 Å². The molecule has 2 saturated heterocycles. The van der Waals surface area contributed by atoms with Crippen LogP contribution in [0.25, 0.3) is 66.0 Å². The molecule has 0 unspecified atom stereocenters. The molecule has 4 amide bonds. The van der Waals surface area contributed by atoms with Crippen LogP contribution in [0.5, 0.6) is 34.5 Å². The summed E-state index contributed by atoms with van der Waals surface area (Å²) in [4.78, 5) is 106. The van der Waals surface area contributed by atoms with Gasteiger partial charge in [-0.25, -0.2) is 20.1 Å². The minimum absolute atomic E-state index is 0.0610. The van der Waals surface area contributed by atoms with Crippen molar-refractivity contribution >= 4 is 57.2 Å². The van der Waals surface area contributed by atoms with Gasteiger partial charge in [-0.15, -0.1) is 0 Å². The molecule has 6 aliphatic heterocycles. The molecular weight excluding hydrogens is 1410 g/mol. The third-order valence-electron chi connectivity index (χ3n) is 19.0. The van der Waals surface area contributed by atoms with Crippen LogP contribution in [0.4, 0.5) is 11.4 Å². The Balaban J connectivity index is 0.000000193. The highest BCUT2D eigenvalue weighted by atomic mass is 16.7. The van der Waals surface area contributed by atoms with E-state index in [1.54, 1.807) is 140 Å². The molecule has 0 saturated carbocycles. The number of β-lactam (4-membered cyclic amide) rings is 2. The number of allylic oxidation sites excluding steroid dienone is 2. The van der Waals surface area contributed by atoms with E-state index in [4.69, 9.17) is 58.0 Å². The van der Waals surface area contributed by atoms with Crippen LogP contribution in [0.3, 0.4) is 0 Å². The van der Waals surface area contributed by atoms with Crippen molar-refractivity contribution in [2.24, 2.45) is 28.0 Å². The molecule has 6 aromatic rings. The number of amides is 4. The van der Waals surface area contributed by atoms with Gasteiger partial charge < -0.3 is 52.2 Å².